The molecule has 0 saturated carbocycles. The maximum atomic E-state index is 10.5. The van der Waals surface area contributed by atoms with Crippen LogP contribution < -0.4 is 44.6 Å². The van der Waals surface area contributed by atoms with E-state index in [1.165, 1.54) is 0 Å². The summed E-state index contributed by atoms with van der Waals surface area (Å²) in [5.74, 6) is 0. The maximum absolute atomic E-state index is 10.5. The molecule has 0 rings (SSSR count). The van der Waals surface area contributed by atoms with Crippen LogP contribution in [0.3, 0.4) is 0 Å². The molecule has 0 spiro atoms. The lowest BCUT2D eigenvalue weighted by atomic mass is 10.0. The first-order valence-corrected chi connectivity index (χ1v) is 9.84. The average molecular weight is 411 g/mol. The second-order valence-electron chi connectivity index (χ2n) is 7.07. The largest absolute Gasteiger partial charge is 0.395 e. The summed E-state index contributed by atoms with van der Waals surface area (Å²) >= 11 is 0. The third-order valence-corrected chi connectivity index (χ3v) is 4.42. The van der Waals surface area contributed by atoms with Gasteiger partial charge in [-0.2, -0.15) is 0 Å². The van der Waals surface area contributed by atoms with E-state index in [-0.39, 0.29) is 25.5 Å². The Morgan fingerprint density at radius 3 is 2.00 bits per heavy atom. The molecule has 0 heterocycles. The lowest BCUT2D eigenvalue weighted by Crippen LogP contribution is -2.58. The molecule has 0 aliphatic carbocycles. The first-order chi connectivity index (χ1) is 13.2. The van der Waals surface area contributed by atoms with Crippen molar-refractivity contribution >= 4 is 0 Å². The lowest BCUT2D eigenvalue weighted by molar-refractivity contribution is 0.0167. The molecule has 0 aliphatic rings. The van der Waals surface area contributed by atoms with E-state index in [0.717, 1.165) is 0 Å². The standard InChI is InChI=1S/C16H42N8O4/c17-7-1-4-11(18)14(27)24-12(5-6-13(19)26)15(28)23-10(9-25)3-2-8-22-16(20)21/h10-16,22-28H,1-9,17-21H2/t10?,11-,12?,13?,14?,15?/m1/s1. The lowest BCUT2D eigenvalue weighted by Gasteiger charge is -2.32. The Bertz CT molecular complexity index is 368. The van der Waals surface area contributed by atoms with Crippen molar-refractivity contribution in [3.8, 4) is 0 Å². The van der Waals surface area contributed by atoms with E-state index >= 15 is 0 Å². The van der Waals surface area contributed by atoms with Crippen LogP contribution in [0.15, 0.2) is 0 Å². The molecule has 0 aliphatic heterocycles. The molecule has 17 N–H and O–H groups in total. The fourth-order valence-electron chi connectivity index (χ4n) is 2.74. The normalized spacial score (nSPS) is 18.6. The summed E-state index contributed by atoms with van der Waals surface area (Å²) in [6, 6.07) is -1.57. The first-order valence-electron chi connectivity index (χ1n) is 9.84. The minimum absolute atomic E-state index is 0.184. The fraction of sp³-hybridized carbons (Fsp3) is 1.00. The molecule has 0 fully saturated rings. The van der Waals surface area contributed by atoms with Crippen LogP contribution in [0.25, 0.3) is 0 Å². The molecule has 0 bridgehead atoms. The summed E-state index contributed by atoms with van der Waals surface area (Å²) in [4.78, 5) is 0. The quantitative estimate of drug-likeness (QED) is 0.0751. The van der Waals surface area contributed by atoms with Crippen molar-refractivity contribution in [2.24, 2.45) is 28.7 Å². The van der Waals surface area contributed by atoms with Crippen LogP contribution >= 0.6 is 0 Å². The van der Waals surface area contributed by atoms with Crippen LogP contribution in [0, 0.1) is 0 Å². The minimum atomic E-state index is -1.10. The van der Waals surface area contributed by atoms with E-state index < -0.39 is 37.1 Å². The van der Waals surface area contributed by atoms with Crippen molar-refractivity contribution in [1.29, 1.82) is 0 Å². The van der Waals surface area contributed by atoms with Crippen LogP contribution in [0.1, 0.15) is 38.5 Å². The Morgan fingerprint density at radius 1 is 0.786 bits per heavy atom. The second-order valence-corrected chi connectivity index (χ2v) is 7.07. The van der Waals surface area contributed by atoms with E-state index in [2.05, 4.69) is 16.0 Å². The van der Waals surface area contributed by atoms with Crippen molar-refractivity contribution in [1.82, 2.24) is 16.0 Å². The highest BCUT2D eigenvalue weighted by atomic mass is 16.3. The van der Waals surface area contributed by atoms with E-state index in [4.69, 9.17) is 28.7 Å². The van der Waals surface area contributed by atoms with Gasteiger partial charge in [-0.15, -0.1) is 0 Å². The smallest absolute Gasteiger partial charge is 0.120 e. The summed E-state index contributed by atoms with van der Waals surface area (Å²) in [5, 5.41) is 48.3. The number of rotatable bonds is 18. The molecule has 5 unspecified atom stereocenters. The molecule has 12 nitrogen and oxygen atoms in total. The van der Waals surface area contributed by atoms with Crippen LogP contribution in [-0.2, 0) is 0 Å². The number of hydrogen-bond acceptors (Lipinski definition) is 12. The van der Waals surface area contributed by atoms with Gasteiger partial charge < -0.3 is 49.1 Å². The number of nitrogens with two attached hydrogens (primary N) is 5. The molecular formula is C16H42N8O4. The van der Waals surface area contributed by atoms with Crippen molar-refractivity contribution in [2.75, 3.05) is 19.7 Å². The summed E-state index contributed by atoms with van der Waals surface area (Å²) in [5.41, 5.74) is 27.6. The highest BCUT2D eigenvalue weighted by Gasteiger charge is 2.26. The van der Waals surface area contributed by atoms with E-state index in [1.807, 2.05) is 0 Å². The zero-order valence-electron chi connectivity index (χ0n) is 16.6. The van der Waals surface area contributed by atoms with Crippen molar-refractivity contribution in [3.63, 3.8) is 0 Å². The van der Waals surface area contributed by atoms with Gasteiger partial charge in [-0.3, -0.25) is 16.0 Å². The highest BCUT2D eigenvalue weighted by Crippen LogP contribution is 2.08. The summed E-state index contributed by atoms with van der Waals surface area (Å²) in [7, 11) is 0. The van der Waals surface area contributed by atoms with E-state index in [1.54, 1.807) is 0 Å². The number of nitrogens with one attached hydrogen (secondary N) is 3. The number of aliphatic hydroxyl groups excluding tert-OH is 4. The van der Waals surface area contributed by atoms with E-state index in [9.17, 15) is 20.4 Å². The molecule has 28 heavy (non-hydrogen) atoms. The van der Waals surface area contributed by atoms with Crippen molar-refractivity contribution < 1.29 is 20.4 Å². The number of aliphatic hydroxyl groups is 4. The van der Waals surface area contributed by atoms with Gasteiger partial charge in [-0.25, -0.2) is 0 Å². The predicted molar refractivity (Wildman–Crippen MR) is 108 cm³/mol. The molecule has 6 atom stereocenters. The third kappa shape index (κ3) is 13.7. The topological polar surface area (TPSA) is 247 Å². The maximum Gasteiger partial charge on any atom is 0.120 e. The molecule has 0 aromatic heterocycles. The Labute approximate surface area is 167 Å². The van der Waals surface area contributed by atoms with Gasteiger partial charge in [0.15, 0.2) is 0 Å². The van der Waals surface area contributed by atoms with Gasteiger partial charge in [0, 0.05) is 18.1 Å². The molecular weight excluding hydrogens is 368 g/mol. The SMILES string of the molecule is NCCC[C@@H](N)C(O)NC(CCC(N)O)C(O)NC(CO)CCCNC(N)N. The molecule has 0 aromatic rings. The molecule has 0 aromatic carbocycles. The highest BCUT2D eigenvalue weighted by molar-refractivity contribution is 4.82. The van der Waals surface area contributed by atoms with Crippen molar-refractivity contribution in [2.45, 2.75) is 81.6 Å². The van der Waals surface area contributed by atoms with Crippen LogP contribution in [0.4, 0.5) is 0 Å². The summed E-state index contributed by atoms with van der Waals surface area (Å²) < 4.78 is 0. The van der Waals surface area contributed by atoms with Gasteiger partial charge in [0.2, 0.25) is 0 Å². The van der Waals surface area contributed by atoms with E-state index in [0.29, 0.717) is 38.8 Å². The van der Waals surface area contributed by atoms with Gasteiger partial charge >= 0.3 is 0 Å². The third-order valence-electron chi connectivity index (χ3n) is 4.42. The minimum Gasteiger partial charge on any atom is -0.395 e. The van der Waals surface area contributed by atoms with Gasteiger partial charge in [-0.1, -0.05) is 0 Å². The zero-order chi connectivity index (χ0) is 21.5. The van der Waals surface area contributed by atoms with Crippen LogP contribution in [0.2, 0.25) is 0 Å². The summed E-state index contributed by atoms with van der Waals surface area (Å²) in [6.45, 7) is 0.855. The average Bonchev–Trinajstić information content (AvgIpc) is 2.64. The van der Waals surface area contributed by atoms with Crippen LogP contribution in [0.5, 0.6) is 0 Å². The van der Waals surface area contributed by atoms with Crippen LogP contribution in [-0.4, -0.2) is 83.2 Å². The Balaban J connectivity index is 4.68. The molecule has 170 valence electrons. The van der Waals surface area contributed by atoms with Gasteiger partial charge in [0.1, 0.15) is 25.0 Å². The molecule has 12 heteroatoms. The zero-order valence-corrected chi connectivity index (χ0v) is 16.6. The van der Waals surface area contributed by atoms with Gasteiger partial charge in [0.25, 0.3) is 0 Å². The first kappa shape index (κ1) is 27.5. The fourth-order valence-corrected chi connectivity index (χ4v) is 2.74. The molecule has 0 saturated heterocycles. The summed E-state index contributed by atoms with van der Waals surface area (Å²) in [6.07, 6.45) is -0.872. The number of hydrogen-bond donors (Lipinski definition) is 12. The Hall–Kier alpha value is -0.480. The predicted octanol–water partition coefficient (Wildman–Crippen LogP) is -4.77. The second kappa shape index (κ2) is 16.3. The molecule has 0 amide bonds. The molecule has 0 radical (unpaired) electrons. The van der Waals surface area contributed by atoms with Gasteiger partial charge in [0.05, 0.1) is 6.61 Å². The monoisotopic (exact) mass is 410 g/mol. The Morgan fingerprint density at radius 2 is 1.46 bits per heavy atom. The van der Waals surface area contributed by atoms with Crippen molar-refractivity contribution in [3.05, 3.63) is 0 Å². The van der Waals surface area contributed by atoms with Gasteiger partial charge in [-0.05, 0) is 51.6 Å². The Kier molecular flexibility index (Phi) is 16.1.